The predicted molar refractivity (Wildman–Crippen MR) is 172 cm³/mol. The van der Waals surface area contributed by atoms with Crippen LogP contribution in [0.25, 0.3) is 16.8 Å². The standard InChI is InChI=1S/C34H38N8O4/c1-22-15-25(11-12-26(22)17-35-31(43)30-38-32(46-39-30)34(3,4)5)29-28-16-27(19-42(28)37-21-36-29)41-14-13-40(18-23(41)2)33(44)45-20-24-9-7-6-8-10-24/h6-12,15-16,19,21,23H,13-14,17-18,20H2,1-5H3,(H,35,43)/t23-/m0/s1. The lowest BCUT2D eigenvalue weighted by atomic mass is 9.97. The van der Waals surface area contributed by atoms with Gasteiger partial charge in [-0.25, -0.2) is 14.3 Å². The summed E-state index contributed by atoms with van der Waals surface area (Å²) < 4.78 is 12.7. The van der Waals surface area contributed by atoms with Crippen LogP contribution in [0.3, 0.4) is 0 Å². The molecule has 46 heavy (non-hydrogen) atoms. The summed E-state index contributed by atoms with van der Waals surface area (Å²) in [6.07, 6.45) is 3.25. The molecule has 0 radical (unpaired) electrons. The number of fused-ring (bicyclic) bond motifs is 1. The van der Waals surface area contributed by atoms with E-state index in [1.807, 2.05) is 80.9 Å². The van der Waals surface area contributed by atoms with Crippen LogP contribution in [0, 0.1) is 6.92 Å². The van der Waals surface area contributed by atoms with E-state index in [9.17, 15) is 9.59 Å². The molecule has 1 aliphatic heterocycles. The molecule has 4 heterocycles. The van der Waals surface area contributed by atoms with Gasteiger partial charge < -0.3 is 24.4 Å². The lowest BCUT2D eigenvalue weighted by Gasteiger charge is -2.40. The number of amides is 2. The summed E-state index contributed by atoms with van der Waals surface area (Å²) in [6, 6.07) is 17.9. The second-order valence-corrected chi connectivity index (χ2v) is 12.7. The Balaban J connectivity index is 1.11. The van der Waals surface area contributed by atoms with E-state index in [1.165, 1.54) is 0 Å². The maximum absolute atomic E-state index is 12.8. The van der Waals surface area contributed by atoms with Crippen molar-refractivity contribution < 1.29 is 18.8 Å². The molecular formula is C34H38N8O4. The predicted octanol–water partition coefficient (Wildman–Crippen LogP) is 5.16. The highest BCUT2D eigenvalue weighted by Gasteiger charge is 2.29. The highest BCUT2D eigenvalue weighted by molar-refractivity contribution is 5.90. The molecular weight excluding hydrogens is 584 g/mol. The Hall–Kier alpha value is -5.26. The first-order valence-electron chi connectivity index (χ1n) is 15.3. The highest BCUT2D eigenvalue weighted by Crippen LogP contribution is 2.30. The van der Waals surface area contributed by atoms with Crippen molar-refractivity contribution in [2.45, 2.75) is 59.2 Å². The zero-order chi connectivity index (χ0) is 32.4. The first-order chi connectivity index (χ1) is 22.1. The monoisotopic (exact) mass is 622 g/mol. The van der Waals surface area contributed by atoms with Crippen LogP contribution < -0.4 is 10.2 Å². The number of nitrogens with one attached hydrogen (secondary N) is 1. The number of aryl methyl sites for hydroxylation is 1. The third-order valence-corrected chi connectivity index (χ3v) is 8.14. The van der Waals surface area contributed by atoms with Crippen LogP contribution in [0.5, 0.6) is 0 Å². The zero-order valence-electron chi connectivity index (χ0n) is 26.7. The van der Waals surface area contributed by atoms with Crippen molar-refractivity contribution in [2.75, 3.05) is 24.5 Å². The van der Waals surface area contributed by atoms with Crippen LogP contribution >= 0.6 is 0 Å². The molecule has 12 nitrogen and oxygen atoms in total. The van der Waals surface area contributed by atoms with E-state index < -0.39 is 0 Å². The lowest BCUT2D eigenvalue weighted by Crippen LogP contribution is -2.53. The number of carbonyl (C=O) groups is 2. The van der Waals surface area contributed by atoms with Gasteiger partial charge in [0, 0.05) is 43.2 Å². The number of rotatable bonds is 7. The Morgan fingerprint density at radius 2 is 1.89 bits per heavy atom. The van der Waals surface area contributed by atoms with E-state index in [0.717, 1.165) is 39.2 Å². The Morgan fingerprint density at radius 1 is 1.09 bits per heavy atom. The topological polar surface area (TPSA) is 131 Å². The Labute approximate surface area is 267 Å². The summed E-state index contributed by atoms with van der Waals surface area (Å²) in [6.45, 7) is 12.3. The molecule has 3 aromatic heterocycles. The fourth-order valence-corrected chi connectivity index (χ4v) is 5.53. The minimum atomic E-state index is -0.389. The number of hydrogen-bond donors (Lipinski definition) is 1. The molecule has 1 aliphatic rings. The third kappa shape index (κ3) is 6.56. The average molecular weight is 623 g/mol. The number of carbonyl (C=O) groups excluding carboxylic acids is 2. The second kappa shape index (κ2) is 12.6. The van der Waals surface area contributed by atoms with E-state index in [4.69, 9.17) is 9.26 Å². The summed E-state index contributed by atoms with van der Waals surface area (Å²) >= 11 is 0. The molecule has 1 atom stereocenters. The van der Waals surface area contributed by atoms with E-state index in [0.29, 0.717) is 32.1 Å². The number of piperazine rings is 1. The first kappa shape index (κ1) is 30.8. The van der Waals surface area contributed by atoms with E-state index >= 15 is 0 Å². The molecule has 5 aromatic rings. The molecule has 2 aromatic carbocycles. The number of aromatic nitrogens is 5. The number of nitrogens with zero attached hydrogens (tertiary/aromatic N) is 7. The molecule has 1 saturated heterocycles. The normalized spacial score (nSPS) is 15.3. The van der Waals surface area contributed by atoms with Crippen LogP contribution in [0.2, 0.25) is 0 Å². The van der Waals surface area contributed by atoms with Gasteiger partial charge in [-0.05, 0) is 42.7 Å². The Morgan fingerprint density at radius 3 is 2.61 bits per heavy atom. The molecule has 12 heteroatoms. The van der Waals surface area contributed by atoms with Gasteiger partial charge in [0.25, 0.3) is 11.7 Å². The van der Waals surface area contributed by atoms with Gasteiger partial charge >= 0.3 is 6.09 Å². The van der Waals surface area contributed by atoms with Crippen LogP contribution in [-0.4, -0.2) is 67.3 Å². The van der Waals surface area contributed by atoms with E-state index in [2.05, 4.69) is 49.5 Å². The third-order valence-electron chi connectivity index (χ3n) is 8.14. The van der Waals surface area contributed by atoms with Crippen LogP contribution in [-0.2, 0) is 23.3 Å². The Kier molecular flexibility index (Phi) is 8.44. The fraction of sp³-hybridized carbons (Fsp3) is 0.353. The molecule has 238 valence electrons. The number of benzene rings is 2. The van der Waals surface area contributed by atoms with Crippen molar-refractivity contribution in [3.63, 3.8) is 0 Å². The molecule has 6 rings (SSSR count). The van der Waals surface area contributed by atoms with E-state index in [1.54, 1.807) is 11.2 Å². The SMILES string of the molecule is Cc1cc(-c2ncnn3cc(N4CCN(C(=O)OCc5ccccc5)C[C@@H]4C)cc23)ccc1CNC(=O)c1noc(C(C)(C)C)n1. The molecule has 0 saturated carbocycles. The minimum Gasteiger partial charge on any atom is -0.445 e. The smallest absolute Gasteiger partial charge is 0.410 e. The van der Waals surface area contributed by atoms with Gasteiger partial charge in [0.05, 0.1) is 23.1 Å². The minimum absolute atomic E-state index is 0.0188. The lowest BCUT2D eigenvalue weighted by molar-refractivity contribution is 0.0897. The highest BCUT2D eigenvalue weighted by atomic mass is 16.6. The van der Waals surface area contributed by atoms with Gasteiger partial charge in [-0.3, -0.25) is 4.79 Å². The molecule has 0 aliphatic carbocycles. The van der Waals surface area contributed by atoms with Gasteiger partial charge in [0.1, 0.15) is 12.9 Å². The first-order valence-corrected chi connectivity index (χ1v) is 15.3. The van der Waals surface area contributed by atoms with Crippen LogP contribution in [0.4, 0.5) is 10.5 Å². The molecule has 0 spiro atoms. The van der Waals surface area contributed by atoms with Crippen molar-refractivity contribution in [1.29, 1.82) is 0 Å². The Bertz CT molecular complexity index is 1860. The summed E-state index contributed by atoms with van der Waals surface area (Å²) in [5.41, 5.74) is 6.23. The van der Waals surface area contributed by atoms with Gasteiger partial charge in [0.15, 0.2) is 0 Å². The van der Waals surface area contributed by atoms with Gasteiger partial charge in [-0.2, -0.15) is 10.1 Å². The van der Waals surface area contributed by atoms with Gasteiger partial charge in [0.2, 0.25) is 5.89 Å². The number of ether oxygens (including phenoxy) is 1. The van der Waals surface area contributed by atoms with Gasteiger partial charge in [-0.15, -0.1) is 0 Å². The average Bonchev–Trinajstić information content (AvgIpc) is 3.72. The van der Waals surface area contributed by atoms with Crippen LogP contribution in [0.15, 0.2) is 71.6 Å². The molecule has 0 bridgehead atoms. The maximum atomic E-state index is 12.8. The van der Waals surface area contributed by atoms with Crippen LogP contribution in [0.1, 0.15) is 60.9 Å². The van der Waals surface area contributed by atoms with Crippen molar-refractivity contribution in [2.24, 2.45) is 0 Å². The van der Waals surface area contributed by atoms with Crippen molar-refractivity contribution in [3.8, 4) is 11.3 Å². The summed E-state index contributed by atoms with van der Waals surface area (Å²) in [5.74, 6) is 0.0456. The largest absolute Gasteiger partial charge is 0.445 e. The van der Waals surface area contributed by atoms with E-state index in [-0.39, 0.29) is 35.9 Å². The van der Waals surface area contributed by atoms with Crippen molar-refractivity contribution in [3.05, 3.63) is 95.5 Å². The molecule has 2 amide bonds. The zero-order valence-corrected chi connectivity index (χ0v) is 26.7. The van der Waals surface area contributed by atoms with Crippen molar-refractivity contribution >= 4 is 23.2 Å². The van der Waals surface area contributed by atoms with Crippen molar-refractivity contribution in [1.82, 2.24) is 35.0 Å². The number of hydrogen-bond acceptors (Lipinski definition) is 9. The summed E-state index contributed by atoms with van der Waals surface area (Å²) in [5, 5.41) is 11.2. The second-order valence-electron chi connectivity index (χ2n) is 12.7. The quantitative estimate of drug-likeness (QED) is 0.261. The molecule has 1 N–H and O–H groups in total. The number of anilines is 1. The summed E-state index contributed by atoms with van der Waals surface area (Å²) in [7, 11) is 0. The molecule has 0 unspecified atom stereocenters. The fourth-order valence-electron chi connectivity index (χ4n) is 5.53. The summed E-state index contributed by atoms with van der Waals surface area (Å²) in [4.78, 5) is 38.3. The maximum Gasteiger partial charge on any atom is 0.410 e. The molecule has 1 fully saturated rings. The van der Waals surface area contributed by atoms with Gasteiger partial charge in [-0.1, -0.05) is 68.4 Å².